The third-order valence-electron chi connectivity index (χ3n) is 3.89. The van der Waals surface area contributed by atoms with Crippen molar-refractivity contribution in [2.24, 2.45) is 0 Å². The maximum Gasteiger partial charge on any atom is 0.325 e. The molecule has 9 nitrogen and oxygen atoms in total. The van der Waals surface area contributed by atoms with Gasteiger partial charge in [0.05, 0.1) is 4.92 Å². The van der Waals surface area contributed by atoms with Crippen molar-refractivity contribution in [1.82, 2.24) is 5.32 Å². The third kappa shape index (κ3) is 6.13. The summed E-state index contributed by atoms with van der Waals surface area (Å²) in [7, 11) is 0. The van der Waals surface area contributed by atoms with Gasteiger partial charge < -0.3 is 15.0 Å². The minimum absolute atomic E-state index is 0.0399. The van der Waals surface area contributed by atoms with Gasteiger partial charge in [-0.05, 0) is 32.0 Å². The molecule has 0 fully saturated rings. The van der Waals surface area contributed by atoms with Crippen LogP contribution in [0, 0.1) is 10.1 Å². The lowest BCUT2D eigenvalue weighted by molar-refractivity contribution is -0.384. The zero-order valence-electron chi connectivity index (χ0n) is 16.0. The van der Waals surface area contributed by atoms with E-state index in [9.17, 15) is 24.5 Å². The number of benzene rings is 2. The number of nitrogens with one attached hydrogen (secondary N) is 1. The average molecular weight is 399 g/mol. The van der Waals surface area contributed by atoms with Gasteiger partial charge in [0.25, 0.3) is 17.5 Å². The summed E-state index contributed by atoms with van der Waals surface area (Å²) < 4.78 is 4.95. The van der Waals surface area contributed by atoms with Crippen LogP contribution in [0.3, 0.4) is 0 Å². The summed E-state index contributed by atoms with van der Waals surface area (Å²) >= 11 is 0. The minimum Gasteiger partial charge on any atom is -0.454 e. The van der Waals surface area contributed by atoms with Crippen molar-refractivity contribution in [1.29, 1.82) is 0 Å². The predicted octanol–water partition coefficient (Wildman–Crippen LogP) is 2.31. The zero-order chi connectivity index (χ0) is 21.4. The Morgan fingerprint density at radius 2 is 1.79 bits per heavy atom. The smallest absolute Gasteiger partial charge is 0.325 e. The average Bonchev–Trinajstić information content (AvgIpc) is 2.71. The van der Waals surface area contributed by atoms with Crippen molar-refractivity contribution >= 4 is 29.2 Å². The summed E-state index contributed by atoms with van der Waals surface area (Å²) in [5.74, 6) is -1.86. The summed E-state index contributed by atoms with van der Waals surface area (Å²) in [6.07, 6.45) is 0. The van der Waals surface area contributed by atoms with Crippen LogP contribution >= 0.6 is 0 Å². The first-order chi connectivity index (χ1) is 13.8. The molecule has 0 unspecified atom stereocenters. The maximum absolute atomic E-state index is 12.4. The summed E-state index contributed by atoms with van der Waals surface area (Å²) in [6.45, 7) is 2.73. The minimum atomic E-state index is -0.797. The lowest BCUT2D eigenvalue weighted by Crippen LogP contribution is -2.40. The van der Waals surface area contributed by atoms with Gasteiger partial charge in [-0.3, -0.25) is 24.5 Å². The van der Waals surface area contributed by atoms with Crippen LogP contribution in [0.4, 0.5) is 11.4 Å². The standard InChI is InChI=1S/C20H21N3O6/c1-14(2)22(16-8-4-3-5-9-16)18(24)13-29-19(25)12-21-20(26)15-7-6-10-17(11-15)23(27)28/h3-11,14H,12-13H2,1-2H3,(H,21,26). The molecule has 2 rings (SSSR count). The van der Waals surface area contributed by atoms with Gasteiger partial charge in [-0.15, -0.1) is 0 Å². The summed E-state index contributed by atoms with van der Waals surface area (Å²) in [5, 5.41) is 13.1. The number of amides is 2. The Balaban J connectivity index is 1.87. The molecule has 2 aromatic rings. The van der Waals surface area contributed by atoms with Crippen LogP contribution in [-0.2, 0) is 14.3 Å². The molecule has 152 valence electrons. The quantitative estimate of drug-likeness (QED) is 0.413. The number of nitro groups is 1. The highest BCUT2D eigenvalue weighted by atomic mass is 16.6. The molecule has 0 aromatic heterocycles. The summed E-state index contributed by atoms with van der Waals surface area (Å²) in [4.78, 5) is 48.0. The van der Waals surface area contributed by atoms with Crippen LogP contribution in [-0.4, -0.2) is 41.9 Å². The number of non-ortho nitro benzene ring substituents is 1. The number of ether oxygens (including phenoxy) is 1. The number of carbonyl (C=O) groups excluding carboxylic acids is 3. The van der Waals surface area contributed by atoms with Crippen molar-refractivity contribution in [2.75, 3.05) is 18.1 Å². The van der Waals surface area contributed by atoms with Crippen molar-refractivity contribution < 1.29 is 24.0 Å². The van der Waals surface area contributed by atoms with E-state index in [1.807, 2.05) is 19.9 Å². The number of esters is 1. The summed E-state index contributed by atoms with van der Waals surface area (Å²) in [5.41, 5.74) is 0.487. The largest absolute Gasteiger partial charge is 0.454 e. The van der Waals surface area contributed by atoms with Crippen molar-refractivity contribution in [3.8, 4) is 0 Å². The Bertz CT molecular complexity index is 898. The van der Waals surface area contributed by atoms with Crippen LogP contribution in [0.2, 0.25) is 0 Å². The van der Waals surface area contributed by atoms with Crippen LogP contribution in [0.15, 0.2) is 54.6 Å². The van der Waals surface area contributed by atoms with E-state index < -0.39 is 35.9 Å². The van der Waals surface area contributed by atoms with Gasteiger partial charge in [-0.25, -0.2) is 0 Å². The molecule has 0 heterocycles. The molecule has 2 aromatic carbocycles. The van der Waals surface area contributed by atoms with Gasteiger partial charge >= 0.3 is 5.97 Å². The van der Waals surface area contributed by atoms with Gasteiger partial charge in [-0.2, -0.15) is 0 Å². The number of nitro benzene ring substituents is 1. The third-order valence-corrected chi connectivity index (χ3v) is 3.89. The number of carbonyl (C=O) groups is 3. The molecule has 0 atom stereocenters. The molecule has 0 saturated carbocycles. The van der Waals surface area contributed by atoms with Gasteiger partial charge in [0, 0.05) is 29.4 Å². The van der Waals surface area contributed by atoms with E-state index in [2.05, 4.69) is 5.32 Å². The number of hydrogen-bond acceptors (Lipinski definition) is 6. The molecule has 29 heavy (non-hydrogen) atoms. The highest BCUT2D eigenvalue weighted by molar-refractivity contribution is 5.97. The van der Waals surface area contributed by atoms with Crippen LogP contribution in [0.1, 0.15) is 24.2 Å². The van der Waals surface area contributed by atoms with E-state index in [4.69, 9.17) is 4.74 Å². The number of hydrogen-bond donors (Lipinski definition) is 1. The lowest BCUT2D eigenvalue weighted by atomic mass is 10.2. The number of para-hydroxylation sites is 1. The first-order valence-electron chi connectivity index (χ1n) is 8.85. The Labute approximate surface area is 167 Å². The first-order valence-corrected chi connectivity index (χ1v) is 8.85. The van der Waals surface area contributed by atoms with Gasteiger partial charge in [0.1, 0.15) is 6.54 Å². The summed E-state index contributed by atoms with van der Waals surface area (Å²) in [6, 6.07) is 14.0. The van der Waals surface area contributed by atoms with Crippen LogP contribution in [0.5, 0.6) is 0 Å². The second-order valence-corrected chi connectivity index (χ2v) is 6.34. The van der Waals surface area contributed by atoms with Crippen molar-refractivity contribution in [3.05, 3.63) is 70.3 Å². The topological polar surface area (TPSA) is 119 Å². The van der Waals surface area contributed by atoms with Crippen molar-refractivity contribution in [3.63, 3.8) is 0 Å². The second kappa shape index (κ2) is 9.98. The Hall–Kier alpha value is -3.75. The fourth-order valence-electron chi connectivity index (χ4n) is 2.60. The van der Waals surface area contributed by atoms with E-state index in [-0.39, 0.29) is 17.3 Å². The molecule has 1 N–H and O–H groups in total. The van der Waals surface area contributed by atoms with E-state index in [0.717, 1.165) is 6.07 Å². The van der Waals surface area contributed by atoms with Crippen LogP contribution < -0.4 is 10.2 Å². The first kappa shape index (κ1) is 21.5. The number of rotatable bonds is 8. The van der Waals surface area contributed by atoms with Crippen molar-refractivity contribution in [2.45, 2.75) is 19.9 Å². The molecule has 9 heteroatoms. The SMILES string of the molecule is CC(C)N(C(=O)COC(=O)CNC(=O)c1cccc([N+](=O)[O-])c1)c1ccccc1. The van der Waals surface area contributed by atoms with E-state index in [1.54, 1.807) is 24.3 Å². The van der Waals surface area contributed by atoms with Gasteiger partial charge in [-0.1, -0.05) is 24.3 Å². The molecular formula is C20H21N3O6. The predicted molar refractivity (Wildman–Crippen MR) is 105 cm³/mol. The molecule has 0 radical (unpaired) electrons. The molecule has 0 aliphatic rings. The fraction of sp³-hybridized carbons (Fsp3) is 0.250. The second-order valence-electron chi connectivity index (χ2n) is 6.34. The number of nitrogens with zero attached hydrogens (tertiary/aromatic N) is 2. The van der Waals surface area contributed by atoms with Gasteiger partial charge in [0.2, 0.25) is 0 Å². The van der Waals surface area contributed by atoms with E-state index in [1.165, 1.54) is 23.1 Å². The van der Waals surface area contributed by atoms with Gasteiger partial charge in [0.15, 0.2) is 6.61 Å². The highest BCUT2D eigenvalue weighted by Crippen LogP contribution is 2.16. The molecule has 0 spiro atoms. The molecule has 0 saturated heterocycles. The Morgan fingerprint density at radius 3 is 2.41 bits per heavy atom. The molecular weight excluding hydrogens is 378 g/mol. The zero-order valence-corrected chi connectivity index (χ0v) is 16.0. The fourth-order valence-corrected chi connectivity index (χ4v) is 2.60. The van der Waals surface area contributed by atoms with E-state index >= 15 is 0 Å². The molecule has 0 aliphatic heterocycles. The number of anilines is 1. The molecule has 2 amide bonds. The Kier molecular flexibility index (Phi) is 7.41. The monoisotopic (exact) mass is 399 g/mol. The van der Waals surface area contributed by atoms with Crippen LogP contribution in [0.25, 0.3) is 0 Å². The maximum atomic E-state index is 12.4. The van der Waals surface area contributed by atoms with E-state index in [0.29, 0.717) is 5.69 Å². The Morgan fingerprint density at radius 1 is 1.10 bits per heavy atom. The lowest BCUT2D eigenvalue weighted by Gasteiger charge is -2.26. The normalized spacial score (nSPS) is 10.3. The highest BCUT2D eigenvalue weighted by Gasteiger charge is 2.20. The molecule has 0 aliphatic carbocycles. The molecule has 0 bridgehead atoms.